The van der Waals surface area contributed by atoms with Crippen LogP contribution in [0.4, 0.5) is 0 Å². The number of imidazole rings is 2. The molecule has 4 heterocycles. The molecule has 6 heteroatoms. The summed E-state index contributed by atoms with van der Waals surface area (Å²) in [6.45, 7) is 2.05. The topological polar surface area (TPSA) is 60.4 Å². The summed E-state index contributed by atoms with van der Waals surface area (Å²) in [5, 5.41) is 4.35. The molecule has 0 aromatic carbocycles. The Hall–Kier alpha value is -2.76. The van der Waals surface area contributed by atoms with E-state index in [1.54, 1.807) is 12.4 Å². The minimum Gasteiger partial charge on any atom is -0.288 e. The highest BCUT2D eigenvalue weighted by Crippen LogP contribution is 2.15. The van der Waals surface area contributed by atoms with Gasteiger partial charge in [0.1, 0.15) is 0 Å². The van der Waals surface area contributed by atoms with Gasteiger partial charge in [0.25, 0.3) is 0 Å². The van der Waals surface area contributed by atoms with E-state index in [2.05, 4.69) is 27.0 Å². The number of fused-ring (bicyclic) bond motifs is 2. The number of aromatic nitrogens is 6. The predicted molar refractivity (Wildman–Crippen MR) is 73.5 cm³/mol. The van der Waals surface area contributed by atoms with Crippen LogP contribution < -0.4 is 0 Å². The fraction of sp³-hybridized carbons (Fsp3) is 0.143. The number of hydrogen-bond donors (Lipinski definition) is 0. The normalized spacial score (nSPS) is 11.4. The van der Waals surface area contributed by atoms with Crippen LogP contribution >= 0.6 is 0 Å². The van der Waals surface area contributed by atoms with Gasteiger partial charge in [-0.05, 0) is 24.6 Å². The molecule has 0 fully saturated rings. The highest BCUT2D eigenvalue weighted by Gasteiger charge is 2.10. The molecule has 0 N–H and O–H groups in total. The first-order valence-corrected chi connectivity index (χ1v) is 6.38. The van der Waals surface area contributed by atoms with E-state index < -0.39 is 0 Å². The van der Waals surface area contributed by atoms with Crippen LogP contribution in [0.5, 0.6) is 0 Å². The van der Waals surface area contributed by atoms with Gasteiger partial charge in [0, 0.05) is 36.9 Å². The quantitative estimate of drug-likeness (QED) is 0.552. The summed E-state index contributed by atoms with van der Waals surface area (Å²) in [7, 11) is 0. The summed E-state index contributed by atoms with van der Waals surface area (Å²) in [6, 6.07) is 3.83. The Balaban J connectivity index is 1.88. The Kier molecular flexibility index (Phi) is 2.29. The summed E-state index contributed by atoms with van der Waals surface area (Å²) < 4.78 is 3.88. The van der Waals surface area contributed by atoms with Gasteiger partial charge in [-0.1, -0.05) is 0 Å². The average molecular weight is 264 g/mol. The van der Waals surface area contributed by atoms with Crippen LogP contribution in [0.1, 0.15) is 17.0 Å². The molecule has 4 rings (SSSR count). The standard InChI is InChI=1S/C14H12N6/c1-10-8-17-14-15-5-6-19(14)12(10)7-11-9-16-13-3-2-4-18-20(11)13/h2-6,8-9H,7H2,1H3. The molecule has 0 atom stereocenters. The third-order valence-corrected chi connectivity index (χ3v) is 3.44. The third-order valence-electron chi connectivity index (χ3n) is 3.44. The molecule has 4 aromatic rings. The summed E-state index contributed by atoms with van der Waals surface area (Å²) >= 11 is 0. The SMILES string of the molecule is Cc1cnc2nccn2c1Cc1cnc2cccnn12. The molecule has 0 bridgehead atoms. The molecule has 0 saturated heterocycles. The van der Waals surface area contributed by atoms with Crippen molar-refractivity contribution in [3.05, 3.63) is 60.1 Å². The molecular weight excluding hydrogens is 252 g/mol. The van der Waals surface area contributed by atoms with Gasteiger partial charge < -0.3 is 0 Å². The van der Waals surface area contributed by atoms with Crippen molar-refractivity contribution in [1.82, 2.24) is 29.0 Å². The molecule has 0 aliphatic heterocycles. The molecule has 0 saturated carbocycles. The lowest BCUT2D eigenvalue weighted by Crippen LogP contribution is -2.05. The van der Waals surface area contributed by atoms with Crippen LogP contribution in [0.15, 0.2) is 43.1 Å². The molecule has 0 amide bonds. The van der Waals surface area contributed by atoms with E-state index in [0.29, 0.717) is 5.78 Å². The van der Waals surface area contributed by atoms with E-state index in [1.165, 1.54) is 0 Å². The lowest BCUT2D eigenvalue weighted by molar-refractivity contribution is 0.843. The van der Waals surface area contributed by atoms with Crippen molar-refractivity contribution in [3.63, 3.8) is 0 Å². The minimum atomic E-state index is 0.715. The summed E-state index contributed by atoms with van der Waals surface area (Å²) in [4.78, 5) is 12.9. The number of rotatable bonds is 2. The second-order valence-electron chi connectivity index (χ2n) is 4.71. The van der Waals surface area contributed by atoms with E-state index >= 15 is 0 Å². The van der Waals surface area contributed by atoms with Crippen molar-refractivity contribution in [2.24, 2.45) is 0 Å². The second-order valence-corrected chi connectivity index (χ2v) is 4.71. The molecule has 4 aromatic heterocycles. The first-order chi connectivity index (χ1) is 9.83. The lowest BCUT2D eigenvalue weighted by atomic mass is 10.1. The highest BCUT2D eigenvalue weighted by atomic mass is 15.2. The molecule has 0 aliphatic rings. The van der Waals surface area contributed by atoms with Crippen molar-refractivity contribution in [1.29, 1.82) is 0 Å². The van der Waals surface area contributed by atoms with Gasteiger partial charge in [0.15, 0.2) is 5.65 Å². The maximum Gasteiger partial charge on any atom is 0.233 e. The van der Waals surface area contributed by atoms with Crippen LogP contribution in [-0.4, -0.2) is 29.0 Å². The van der Waals surface area contributed by atoms with Crippen molar-refractivity contribution in [3.8, 4) is 0 Å². The molecule has 20 heavy (non-hydrogen) atoms. The van der Waals surface area contributed by atoms with Crippen LogP contribution in [-0.2, 0) is 6.42 Å². The zero-order valence-corrected chi connectivity index (χ0v) is 10.9. The van der Waals surface area contributed by atoms with Crippen molar-refractivity contribution < 1.29 is 0 Å². The van der Waals surface area contributed by atoms with E-state index in [4.69, 9.17) is 0 Å². The average Bonchev–Trinajstić information content (AvgIpc) is 3.09. The van der Waals surface area contributed by atoms with Crippen LogP contribution in [0.2, 0.25) is 0 Å². The van der Waals surface area contributed by atoms with Crippen molar-refractivity contribution in [2.75, 3.05) is 0 Å². The molecule has 6 nitrogen and oxygen atoms in total. The fourth-order valence-corrected chi connectivity index (χ4v) is 2.42. The zero-order valence-electron chi connectivity index (χ0n) is 10.9. The first kappa shape index (κ1) is 11.1. The van der Waals surface area contributed by atoms with Gasteiger partial charge >= 0.3 is 0 Å². The fourth-order valence-electron chi connectivity index (χ4n) is 2.42. The predicted octanol–water partition coefficient (Wildman–Crippen LogP) is 1.67. The van der Waals surface area contributed by atoms with Crippen LogP contribution in [0.25, 0.3) is 11.4 Å². The number of nitrogens with zero attached hydrogens (tertiary/aromatic N) is 6. The number of aryl methyl sites for hydroxylation is 1. The summed E-state index contributed by atoms with van der Waals surface area (Å²) in [5.74, 6) is 0.715. The molecule has 98 valence electrons. The van der Waals surface area contributed by atoms with Gasteiger partial charge in [-0.15, -0.1) is 0 Å². The van der Waals surface area contributed by atoms with Gasteiger partial charge in [0.2, 0.25) is 5.78 Å². The maximum atomic E-state index is 4.37. The Morgan fingerprint density at radius 2 is 2.05 bits per heavy atom. The molecule has 0 unspecified atom stereocenters. The first-order valence-electron chi connectivity index (χ1n) is 6.38. The van der Waals surface area contributed by atoms with Crippen LogP contribution in [0.3, 0.4) is 0 Å². The summed E-state index contributed by atoms with van der Waals surface area (Å²) in [6.07, 6.45) is 9.92. The largest absolute Gasteiger partial charge is 0.288 e. The Labute approximate surface area is 114 Å². The minimum absolute atomic E-state index is 0.715. The molecule has 0 aliphatic carbocycles. The van der Waals surface area contributed by atoms with Crippen LogP contribution in [0, 0.1) is 6.92 Å². The Morgan fingerprint density at radius 3 is 3.00 bits per heavy atom. The molecule has 0 spiro atoms. The Morgan fingerprint density at radius 1 is 1.10 bits per heavy atom. The van der Waals surface area contributed by atoms with Crippen molar-refractivity contribution in [2.45, 2.75) is 13.3 Å². The Bertz CT molecular complexity index is 904. The van der Waals surface area contributed by atoms with Crippen molar-refractivity contribution >= 4 is 11.4 Å². The lowest BCUT2D eigenvalue weighted by Gasteiger charge is -2.08. The third kappa shape index (κ3) is 1.58. The number of hydrogen-bond acceptors (Lipinski definition) is 4. The van der Waals surface area contributed by atoms with Gasteiger partial charge in [-0.2, -0.15) is 5.10 Å². The second kappa shape index (κ2) is 4.12. The van der Waals surface area contributed by atoms with E-state index in [-0.39, 0.29) is 0 Å². The van der Waals surface area contributed by atoms with Gasteiger partial charge in [0.05, 0.1) is 11.9 Å². The van der Waals surface area contributed by atoms with Gasteiger partial charge in [-0.25, -0.2) is 19.5 Å². The smallest absolute Gasteiger partial charge is 0.233 e. The monoisotopic (exact) mass is 264 g/mol. The molecule has 0 radical (unpaired) electrons. The van der Waals surface area contributed by atoms with E-state index in [1.807, 2.05) is 39.6 Å². The van der Waals surface area contributed by atoms with E-state index in [9.17, 15) is 0 Å². The zero-order chi connectivity index (χ0) is 13.5. The maximum absolute atomic E-state index is 4.37. The highest BCUT2D eigenvalue weighted by molar-refractivity contribution is 5.40. The van der Waals surface area contributed by atoms with Gasteiger partial charge in [-0.3, -0.25) is 4.40 Å². The molecular formula is C14H12N6. The summed E-state index contributed by atoms with van der Waals surface area (Å²) in [5.41, 5.74) is 4.18. The van der Waals surface area contributed by atoms with E-state index in [0.717, 1.165) is 29.0 Å².